The molecule has 222 valence electrons. The Hall–Kier alpha value is -1.85. The van der Waals surface area contributed by atoms with E-state index < -0.39 is 5.60 Å². The van der Waals surface area contributed by atoms with Crippen molar-refractivity contribution in [2.24, 2.45) is 0 Å². The normalized spacial score (nSPS) is 18.0. The van der Waals surface area contributed by atoms with Gasteiger partial charge in [0.1, 0.15) is 11.3 Å². The fourth-order valence-corrected chi connectivity index (χ4v) is 6.83. The Morgan fingerprint density at radius 1 is 1.10 bits per heavy atom. The molecule has 4 rings (SSSR count). The predicted molar refractivity (Wildman–Crippen MR) is 159 cm³/mol. The number of carbonyl (C=O) groups is 2. The standard InChI is InChI=1S/C30H45N3O5S2/c1-22(2)27-31-25(20-40-27)28(35)33-14-17-37-30(21-33)9-12-32(13-10-30)11-6-23-18-24(39-19-23)7-15-36-16-8-26(34)38-29(3,4)5/h18-20,22H,6-17,21H2,1-5H3. The molecule has 0 bridgehead atoms. The van der Waals surface area contributed by atoms with Crippen molar-refractivity contribution in [2.75, 3.05) is 52.5 Å². The second kappa shape index (κ2) is 13.9. The smallest absolute Gasteiger partial charge is 0.308 e. The number of morpholine rings is 1. The van der Waals surface area contributed by atoms with Crippen LogP contribution in [0.5, 0.6) is 0 Å². The summed E-state index contributed by atoms with van der Waals surface area (Å²) in [6.07, 6.45) is 4.06. The predicted octanol–water partition coefficient (Wildman–Crippen LogP) is 5.17. The van der Waals surface area contributed by atoms with Crippen LogP contribution in [0, 0.1) is 0 Å². The lowest BCUT2D eigenvalue weighted by Gasteiger charge is -2.47. The fraction of sp³-hybridized carbons (Fsp3) is 0.700. The molecule has 4 heterocycles. The minimum absolute atomic E-state index is 0.0370. The van der Waals surface area contributed by atoms with E-state index in [1.165, 1.54) is 10.4 Å². The van der Waals surface area contributed by atoms with Crippen LogP contribution in [0.3, 0.4) is 0 Å². The van der Waals surface area contributed by atoms with Gasteiger partial charge in [-0.15, -0.1) is 22.7 Å². The van der Waals surface area contributed by atoms with Crippen molar-refractivity contribution in [3.63, 3.8) is 0 Å². The Balaban J connectivity index is 1.14. The minimum Gasteiger partial charge on any atom is -0.460 e. The Morgan fingerprint density at radius 3 is 2.58 bits per heavy atom. The van der Waals surface area contributed by atoms with Crippen molar-refractivity contribution >= 4 is 34.6 Å². The first-order valence-electron chi connectivity index (χ1n) is 14.5. The van der Waals surface area contributed by atoms with Gasteiger partial charge in [-0.05, 0) is 57.0 Å². The number of thiophene rings is 1. The van der Waals surface area contributed by atoms with E-state index in [1.54, 1.807) is 22.7 Å². The Morgan fingerprint density at radius 2 is 1.88 bits per heavy atom. The van der Waals surface area contributed by atoms with Gasteiger partial charge in [0.05, 0.1) is 43.4 Å². The quantitative estimate of drug-likeness (QED) is 0.264. The summed E-state index contributed by atoms with van der Waals surface area (Å²) in [6.45, 7) is 15.7. The van der Waals surface area contributed by atoms with Crippen molar-refractivity contribution in [1.29, 1.82) is 0 Å². The molecule has 0 aromatic carbocycles. The zero-order chi connectivity index (χ0) is 28.8. The number of esters is 1. The molecule has 8 nitrogen and oxygen atoms in total. The third-order valence-electron chi connectivity index (χ3n) is 7.33. The number of carbonyl (C=O) groups excluding carboxylic acids is 2. The van der Waals surface area contributed by atoms with Gasteiger partial charge >= 0.3 is 5.97 Å². The van der Waals surface area contributed by atoms with Gasteiger partial charge in [0.2, 0.25) is 0 Å². The monoisotopic (exact) mass is 591 g/mol. The molecular weight excluding hydrogens is 546 g/mol. The second-order valence-corrected chi connectivity index (χ2v) is 14.1. The van der Waals surface area contributed by atoms with Crippen molar-refractivity contribution < 1.29 is 23.8 Å². The maximum Gasteiger partial charge on any atom is 0.308 e. The molecule has 0 saturated carbocycles. The average Bonchev–Trinajstić information content (AvgIpc) is 3.57. The van der Waals surface area contributed by atoms with Crippen LogP contribution < -0.4 is 0 Å². The van der Waals surface area contributed by atoms with Gasteiger partial charge in [0.25, 0.3) is 5.91 Å². The van der Waals surface area contributed by atoms with Crippen LogP contribution in [0.2, 0.25) is 0 Å². The van der Waals surface area contributed by atoms with E-state index in [1.807, 2.05) is 31.1 Å². The molecular formula is C30H45N3O5S2. The number of likely N-dealkylation sites (tertiary alicyclic amines) is 1. The van der Waals surface area contributed by atoms with Gasteiger partial charge in [-0.2, -0.15) is 0 Å². The van der Waals surface area contributed by atoms with Crippen molar-refractivity contribution in [2.45, 2.75) is 83.8 Å². The van der Waals surface area contributed by atoms with E-state index in [0.29, 0.717) is 44.5 Å². The van der Waals surface area contributed by atoms with Crippen LogP contribution in [0.25, 0.3) is 0 Å². The summed E-state index contributed by atoms with van der Waals surface area (Å²) in [5, 5.41) is 5.16. The van der Waals surface area contributed by atoms with Gasteiger partial charge in [-0.1, -0.05) is 13.8 Å². The molecule has 0 aliphatic carbocycles. The molecule has 2 aliphatic heterocycles. The van der Waals surface area contributed by atoms with E-state index in [2.05, 4.69) is 35.2 Å². The summed E-state index contributed by atoms with van der Waals surface area (Å²) in [6, 6.07) is 2.28. The molecule has 2 fully saturated rings. The number of amides is 1. The molecule has 10 heteroatoms. The Bertz CT molecular complexity index is 1110. The van der Waals surface area contributed by atoms with Crippen LogP contribution in [-0.4, -0.2) is 90.4 Å². The molecule has 0 N–H and O–H groups in total. The first kappa shape index (κ1) is 31.1. The second-order valence-electron chi connectivity index (χ2n) is 12.2. The first-order chi connectivity index (χ1) is 19.0. The summed E-state index contributed by atoms with van der Waals surface area (Å²) in [5.74, 6) is 0.157. The topological polar surface area (TPSA) is 81.2 Å². The van der Waals surface area contributed by atoms with Crippen molar-refractivity contribution in [3.05, 3.63) is 38.0 Å². The highest BCUT2D eigenvalue weighted by atomic mass is 32.1. The van der Waals surface area contributed by atoms with Crippen LogP contribution in [-0.2, 0) is 31.8 Å². The number of hydrogen-bond donors (Lipinski definition) is 0. The van der Waals surface area contributed by atoms with Crippen LogP contribution >= 0.6 is 22.7 Å². The molecule has 0 atom stereocenters. The van der Waals surface area contributed by atoms with Crippen LogP contribution in [0.1, 0.15) is 85.7 Å². The first-order valence-corrected chi connectivity index (χ1v) is 16.2. The lowest BCUT2D eigenvalue weighted by atomic mass is 9.89. The number of hydrogen-bond acceptors (Lipinski definition) is 9. The molecule has 1 amide bonds. The van der Waals surface area contributed by atoms with Gasteiger partial charge in [-0.3, -0.25) is 9.59 Å². The zero-order valence-corrected chi connectivity index (χ0v) is 26.3. The van der Waals surface area contributed by atoms with E-state index in [9.17, 15) is 9.59 Å². The van der Waals surface area contributed by atoms with Crippen molar-refractivity contribution in [3.8, 4) is 0 Å². The Kier molecular flexibility index (Phi) is 10.8. The van der Waals surface area contributed by atoms with E-state index >= 15 is 0 Å². The van der Waals surface area contributed by atoms with Gasteiger partial charge < -0.3 is 24.0 Å². The van der Waals surface area contributed by atoms with Gasteiger partial charge in [0, 0.05) is 48.8 Å². The molecule has 2 aliphatic rings. The molecule has 1 spiro atoms. The van der Waals surface area contributed by atoms with E-state index in [0.717, 1.165) is 50.3 Å². The van der Waals surface area contributed by atoms with Crippen molar-refractivity contribution in [1.82, 2.24) is 14.8 Å². The summed E-state index contributed by atoms with van der Waals surface area (Å²) >= 11 is 3.35. The number of ether oxygens (including phenoxy) is 3. The molecule has 2 saturated heterocycles. The summed E-state index contributed by atoms with van der Waals surface area (Å²) in [4.78, 5) is 35.3. The van der Waals surface area contributed by atoms with E-state index in [4.69, 9.17) is 14.2 Å². The number of nitrogens with zero attached hydrogens (tertiary/aromatic N) is 3. The van der Waals surface area contributed by atoms with Gasteiger partial charge in [-0.25, -0.2) is 4.98 Å². The largest absolute Gasteiger partial charge is 0.460 e. The third-order valence-corrected chi connectivity index (χ3v) is 9.52. The highest BCUT2D eigenvalue weighted by Gasteiger charge is 2.41. The van der Waals surface area contributed by atoms with Crippen LogP contribution in [0.15, 0.2) is 16.8 Å². The summed E-state index contributed by atoms with van der Waals surface area (Å²) in [5.41, 5.74) is 1.25. The lowest BCUT2D eigenvalue weighted by Crippen LogP contribution is -2.58. The van der Waals surface area contributed by atoms with Gasteiger partial charge in [0.15, 0.2) is 0 Å². The highest BCUT2D eigenvalue weighted by molar-refractivity contribution is 7.10. The maximum absolute atomic E-state index is 13.1. The summed E-state index contributed by atoms with van der Waals surface area (Å²) < 4.78 is 17.3. The Labute approximate surface area is 247 Å². The molecule has 40 heavy (non-hydrogen) atoms. The lowest BCUT2D eigenvalue weighted by molar-refractivity contribution is -0.156. The molecule has 2 aromatic heterocycles. The minimum atomic E-state index is -0.453. The SMILES string of the molecule is CC(C)c1nc(C(=O)N2CCOC3(CCN(CCc4csc(CCOCCC(=O)OC(C)(C)C)c4)CC3)C2)cs1. The maximum atomic E-state index is 13.1. The number of thiazole rings is 1. The zero-order valence-electron chi connectivity index (χ0n) is 24.7. The highest BCUT2D eigenvalue weighted by Crippen LogP contribution is 2.31. The molecule has 0 unspecified atom stereocenters. The van der Waals surface area contributed by atoms with Crippen LogP contribution in [0.4, 0.5) is 0 Å². The fourth-order valence-electron chi connectivity index (χ4n) is 5.12. The summed E-state index contributed by atoms with van der Waals surface area (Å²) in [7, 11) is 0. The number of rotatable bonds is 11. The average molecular weight is 592 g/mol. The molecule has 2 aromatic rings. The number of aromatic nitrogens is 1. The van der Waals surface area contributed by atoms with E-state index in [-0.39, 0.29) is 23.9 Å². The third kappa shape index (κ3) is 9.08. The molecule has 0 radical (unpaired) electrons. The number of piperidine rings is 1.